The van der Waals surface area contributed by atoms with Crippen LogP contribution in [0.1, 0.15) is 29.0 Å². The van der Waals surface area contributed by atoms with E-state index < -0.39 is 0 Å². The summed E-state index contributed by atoms with van der Waals surface area (Å²) in [6.07, 6.45) is 1.69. The molecule has 0 N–H and O–H groups in total. The van der Waals surface area contributed by atoms with Gasteiger partial charge in [-0.1, -0.05) is 6.07 Å². The molecule has 4 rings (SSSR count). The van der Waals surface area contributed by atoms with Crippen LogP contribution in [0, 0.1) is 6.92 Å². The standard InChI is InChI=1S/C17H20N4O3/c1-12-4-2-5-15(18-12)24-13-6-8-20(11-13)17(22)14-10-16-21(19-14)7-3-9-23-16/h2,4-5,10,13H,3,6-9,11H2,1H3/t13-/m0/s1. The molecule has 1 fully saturated rings. The van der Waals surface area contributed by atoms with E-state index in [9.17, 15) is 4.79 Å². The fourth-order valence-corrected chi connectivity index (χ4v) is 3.10. The second kappa shape index (κ2) is 6.14. The minimum atomic E-state index is -0.0659. The lowest BCUT2D eigenvalue weighted by Crippen LogP contribution is -2.31. The molecule has 0 aromatic carbocycles. The molecule has 1 atom stereocenters. The zero-order valence-corrected chi connectivity index (χ0v) is 13.6. The van der Waals surface area contributed by atoms with Gasteiger partial charge in [-0.15, -0.1) is 0 Å². The third kappa shape index (κ3) is 2.93. The summed E-state index contributed by atoms with van der Waals surface area (Å²) in [6.45, 7) is 4.63. The van der Waals surface area contributed by atoms with Crippen LogP contribution in [-0.4, -0.2) is 51.4 Å². The first-order chi connectivity index (χ1) is 11.7. The second-order valence-electron chi connectivity index (χ2n) is 6.19. The van der Waals surface area contributed by atoms with Crippen molar-refractivity contribution in [2.75, 3.05) is 19.7 Å². The van der Waals surface area contributed by atoms with Gasteiger partial charge in [-0.2, -0.15) is 5.10 Å². The maximum absolute atomic E-state index is 12.6. The van der Waals surface area contributed by atoms with Gasteiger partial charge >= 0.3 is 0 Å². The number of aromatic nitrogens is 3. The van der Waals surface area contributed by atoms with Gasteiger partial charge in [0.05, 0.1) is 13.2 Å². The summed E-state index contributed by atoms with van der Waals surface area (Å²) in [7, 11) is 0. The smallest absolute Gasteiger partial charge is 0.274 e. The molecule has 4 heterocycles. The number of pyridine rings is 1. The minimum absolute atomic E-state index is 0.0308. The van der Waals surface area contributed by atoms with Crippen LogP contribution in [0.2, 0.25) is 0 Å². The Morgan fingerprint density at radius 1 is 1.38 bits per heavy atom. The first-order valence-electron chi connectivity index (χ1n) is 8.29. The fourth-order valence-electron chi connectivity index (χ4n) is 3.10. The Morgan fingerprint density at radius 3 is 3.12 bits per heavy atom. The number of nitrogens with zero attached hydrogens (tertiary/aromatic N) is 4. The number of likely N-dealkylation sites (tertiary alicyclic amines) is 1. The number of carbonyl (C=O) groups is 1. The highest BCUT2D eigenvalue weighted by atomic mass is 16.5. The molecule has 7 heteroatoms. The molecule has 0 aliphatic carbocycles. The number of hydrogen-bond donors (Lipinski definition) is 0. The van der Waals surface area contributed by atoms with Gasteiger partial charge in [0, 0.05) is 43.8 Å². The summed E-state index contributed by atoms with van der Waals surface area (Å²) < 4.78 is 13.2. The maximum Gasteiger partial charge on any atom is 0.274 e. The summed E-state index contributed by atoms with van der Waals surface area (Å²) in [5.74, 6) is 1.23. The van der Waals surface area contributed by atoms with E-state index in [1.807, 2.05) is 25.1 Å². The van der Waals surface area contributed by atoms with Crippen molar-refractivity contribution in [3.05, 3.63) is 35.7 Å². The van der Waals surface area contributed by atoms with Gasteiger partial charge < -0.3 is 14.4 Å². The van der Waals surface area contributed by atoms with Gasteiger partial charge in [0.1, 0.15) is 6.10 Å². The van der Waals surface area contributed by atoms with Crippen molar-refractivity contribution in [3.8, 4) is 11.8 Å². The van der Waals surface area contributed by atoms with Gasteiger partial charge in [-0.3, -0.25) is 4.79 Å². The lowest BCUT2D eigenvalue weighted by molar-refractivity contribution is 0.0764. The normalized spacial score (nSPS) is 19.7. The lowest BCUT2D eigenvalue weighted by atomic mass is 10.3. The second-order valence-corrected chi connectivity index (χ2v) is 6.19. The number of ether oxygens (including phenoxy) is 2. The highest BCUT2D eigenvalue weighted by Crippen LogP contribution is 2.22. The molecule has 2 aromatic rings. The molecule has 0 spiro atoms. The van der Waals surface area contributed by atoms with Crippen LogP contribution >= 0.6 is 0 Å². The highest BCUT2D eigenvalue weighted by molar-refractivity contribution is 5.92. The van der Waals surface area contributed by atoms with Crippen molar-refractivity contribution in [1.29, 1.82) is 0 Å². The van der Waals surface area contributed by atoms with Gasteiger partial charge in [0.25, 0.3) is 5.91 Å². The Labute approximate surface area is 140 Å². The number of hydrogen-bond acceptors (Lipinski definition) is 5. The Morgan fingerprint density at radius 2 is 2.29 bits per heavy atom. The Hall–Kier alpha value is -2.57. The predicted molar refractivity (Wildman–Crippen MR) is 86.2 cm³/mol. The van der Waals surface area contributed by atoms with Crippen molar-refractivity contribution in [3.63, 3.8) is 0 Å². The maximum atomic E-state index is 12.6. The van der Waals surface area contributed by atoms with Crippen LogP contribution < -0.4 is 9.47 Å². The Bertz CT molecular complexity index is 735. The SMILES string of the molecule is Cc1cccc(O[C@H]2CCN(C(=O)c3cc4n(n3)CCCO4)C2)n1. The number of rotatable bonds is 3. The summed E-state index contributed by atoms with van der Waals surface area (Å²) >= 11 is 0. The summed E-state index contributed by atoms with van der Waals surface area (Å²) in [6, 6.07) is 7.43. The minimum Gasteiger partial charge on any atom is -0.478 e. The van der Waals surface area contributed by atoms with Gasteiger partial charge in [0.2, 0.25) is 11.8 Å². The first-order valence-corrected chi connectivity index (χ1v) is 8.29. The van der Waals surface area contributed by atoms with E-state index in [0.717, 1.165) is 25.1 Å². The quantitative estimate of drug-likeness (QED) is 0.857. The molecule has 0 radical (unpaired) electrons. The van der Waals surface area contributed by atoms with Crippen LogP contribution in [0.15, 0.2) is 24.3 Å². The molecule has 2 aromatic heterocycles. The number of aryl methyl sites for hydroxylation is 2. The summed E-state index contributed by atoms with van der Waals surface area (Å²) in [5, 5.41) is 4.36. The van der Waals surface area contributed by atoms with Crippen molar-refractivity contribution < 1.29 is 14.3 Å². The molecular weight excluding hydrogens is 308 g/mol. The topological polar surface area (TPSA) is 69.5 Å². The van der Waals surface area contributed by atoms with Crippen molar-refractivity contribution in [1.82, 2.24) is 19.7 Å². The van der Waals surface area contributed by atoms with Gasteiger partial charge in [-0.25, -0.2) is 9.67 Å². The molecule has 0 bridgehead atoms. The average molecular weight is 328 g/mol. The molecule has 126 valence electrons. The number of fused-ring (bicyclic) bond motifs is 1. The van der Waals surface area contributed by atoms with Crippen molar-refractivity contribution >= 4 is 5.91 Å². The molecular formula is C17H20N4O3. The van der Waals surface area contributed by atoms with Gasteiger partial charge in [-0.05, 0) is 13.0 Å². The zero-order valence-electron chi connectivity index (χ0n) is 13.6. The largest absolute Gasteiger partial charge is 0.478 e. The fraction of sp³-hybridized carbons (Fsp3) is 0.471. The molecule has 7 nitrogen and oxygen atoms in total. The van der Waals surface area contributed by atoms with E-state index in [2.05, 4.69) is 10.1 Å². The average Bonchev–Trinajstić information content (AvgIpc) is 3.20. The monoisotopic (exact) mass is 328 g/mol. The molecule has 0 saturated carbocycles. The van der Waals surface area contributed by atoms with Crippen molar-refractivity contribution in [2.45, 2.75) is 32.4 Å². The van der Waals surface area contributed by atoms with E-state index in [1.165, 1.54) is 0 Å². The van der Waals surface area contributed by atoms with Crippen LogP contribution in [0.3, 0.4) is 0 Å². The molecule has 1 saturated heterocycles. The molecule has 1 amide bonds. The molecule has 24 heavy (non-hydrogen) atoms. The van der Waals surface area contributed by atoms with E-state index in [0.29, 0.717) is 37.2 Å². The van der Waals surface area contributed by atoms with E-state index >= 15 is 0 Å². The Balaban J connectivity index is 1.41. The predicted octanol–water partition coefficient (Wildman–Crippen LogP) is 1.66. The number of amides is 1. The summed E-state index contributed by atoms with van der Waals surface area (Å²) in [4.78, 5) is 18.8. The first kappa shape index (κ1) is 15.0. The third-order valence-electron chi connectivity index (χ3n) is 4.31. The molecule has 2 aliphatic heterocycles. The molecule has 2 aliphatic rings. The van der Waals surface area contributed by atoms with Crippen LogP contribution in [0.5, 0.6) is 11.8 Å². The van der Waals surface area contributed by atoms with E-state index in [4.69, 9.17) is 9.47 Å². The number of carbonyl (C=O) groups excluding carboxylic acids is 1. The summed E-state index contributed by atoms with van der Waals surface area (Å²) in [5.41, 5.74) is 1.36. The molecule has 0 unspecified atom stereocenters. The van der Waals surface area contributed by atoms with Crippen LogP contribution in [0.25, 0.3) is 0 Å². The lowest BCUT2D eigenvalue weighted by Gasteiger charge is -2.16. The zero-order chi connectivity index (χ0) is 16.5. The van der Waals surface area contributed by atoms with Crippen molar-refractivity contribution in [2.24, 2.45) is 0 Å². The van der Waals surface area contributed by atoms with Crippen LogP contribution in [0.4, 0.5) is 0 Å². The van der Waals surface area contributed by atoms with E-state index in [1.54, 1.807) is 15.6 Å². The van der Waals surface area contributed by atoms with E-state index in [-0.39, 0.29) is 12.0 Å². The Kier molecular flexibility index (Phi) is 3.84. The third-order valence-corrected chi connectivity index (χ3v) is 4.31. The van der Waals surface area contributed by atoms with Gasteiger partial charge in [0.15, 0.2) is 5.69 Å². The highest BCUT2D eigenvalue weighted by Gasteiger charge is 2.30. The van der Waals surface area contributed by atoms with Crippen LogP contribution in [-0.2, 0) is 6.54 Å².